The molecule has 95 heavy (non-hydrogen) atoms. The number of amides is 11. The van der Waals surface area contributed by atoms with E-state index in [0.717, 1.165) is 0 Å². The number of nitrogens with zero attached hydrogens (tertiary/aromatic N) is 3. The molecule has 0 radical (unpaired) electrons. The first-order valence-electron chi connectivity index (χ1n) is 31.0. The summed E-state index contributed by atoms with van der Waals surface area (Å²) in [5.74, 6) is -12.3. The second-order valence-corrected chi connectivity index (χ2v) is 23.9. The number of hydrogen-bond acceptors (Lipinski definition) is 16. The fourth-order valence-corrected chi connectivity index (χ4v) is 10.8. The predicted molar refractivity (Wildman–Crippen MR) is 334 cm³/mol. The van der Waals surface area contributed by atoms with Crippen LogP contribution in [0.15, 0.2) is 66.0 Å². The number of aliphatic hydroxyl groups is 1. The number of H-pyrrole nitrogens is 1. The van der Waals surface area contributed by atoms with E-state index in [1.54, 1.807) is 45.0 Å². The number of aliphatic hydroxyl groups excluding tert-OH is 1. The standard InChI is InChI=1S/C59H84N16O13.C2HF3O2/c1-6-63-57(87)47-14-10-22-75(47)58(88)40(13-9-21-64-59(60)61)68-51(81)41(23-31(2)3)69-52(82)42(24-32(4)5)70-53(83)43(25-33-15-17-35(77)18-16-33)71-56(86)46(29-76)74-55(85)45(27-37-36-11-7-8-12-38(36)67-49(37)79)73-54(84)44(26-34-28-62-30-65-34)72-50(80)39-19-20-48(78)66-39;3-2(4,5)1(6)7/h7-8,11-12,15-18,28,30-32,37,39-47,76-77H,6,9-10,13-14,19-27,29H2,1-5H3,(H,62,65)(H,63,87)(H,66,78)(H,67,79)(H,68,81)(H,69,82)(H,70,83)(H,71,86)(H,72,80)(H,73,84)(H,74,85)(H4,60,61,64);(H,6,7)/t37?,39-,40-,41-,42+,43-,44-,45-,46-,47-;/m0./s1. The van der Waals surface area contributed by atoms with Gasteiger partial charge >= 0.3 is 12.1 Å². The third kappa shape index (κ3) is 23.6. The average molecular weight is 1340 g/mol. The number of likely N-dealkylation sites (tertiary alicyclic amines) is 1. The number of imidazole rings is 1. The van der Waals surface area contributed by atoms with Crippen LogP contribution in [0.3, 0.4) is 0 Å². The molecule has 4 heterocycles. The summed E-state index contributed by atoms with van der Waals surface area (Å²) in [5, 5.41) is 54.7. The number of carboxylic acids is 1. The maximum absolute atomic E-state index is 14.7. The van der Waals surface area contributed by atoms with E-state index in [0.29, 0.717) is 41.9 Å². The van der Waals surface area contributed by atoms with Gasteiger partial charge in [0.1, 0.15) is 60.1 Å². The largest absolute Gasteiger partial charge is 0.508 e. The number of nitrogens with one attached hydrogen (secondary N) is 11. The number of nitrogens with two attached hydrogens (primary N) is 2. The number of guanidine groups is 1. The number of likely N-dealkylation sites (N-methyl/N-ethyl adjacent to an activating group) is 1. The summed E-state index contributed by atoms with van der Waals surface area (Å²) in [7, 11) is 0. The molecule has 18 N–H and O–H groups in total. The number of alkyl halides is 3. The van der Waals surface area contributed by atoms with Crippen molar-refractivity contribution in [2.45, 2.75) is 172 Å². The van der Waals surface area contributed by atoms with Crippen LogP contribution < -0.4 is 64.6 Å². The number of anilines is 1. The van der Waals surface area contributed by atoms with E-state index in [2.05, 4.69) is 68.1 Å². The SMILES string of the molecule is CCNC(=O)[C@@H]1CCCN1C(=O)[C@H](CCCN=C(N)N)NC(=O)[C@H](CC(C)C)NC(=O)[C@@H](CC(C)C)NC(=O)[C@H](Cc1ccc(O)cc1)NC(=O)[C@H](CO)NC(=O)[C@H](CC1C(=O)Nc2ccccc21)NC(=O)[C@H](Cc1cnc[nH]1)NC(=O)[C@@H]1CCC(=O)N1.O=C(O)C(F)(F)F. The number of hydrogen-bond donors (Lipinski definition) is 16. The molecule has 520 valence electrons. The Morgan fingerprint density at radius 1 is 0.726 bits per heavy atom. The molecule has 1 aromatic heterocycles. The van der Waals surface area contributed by atoms with Crippen molar-refractivity contribution in [2.24, 2.45) is 28.3 Å². The van der Waals surface area contributed by atoms with E-state index in [1.165, 1.54) is 41.7 Å². The fraction of sp³-hybridized carbons (Fsp3) is 0.541. The van der Waals surface area contributed by atoms with Gasteiger partial charge in [-0.05, 0) is 99.5 Å². The van der Waals surface area contributed by atoms with E-state index >= 15 is 0 Å². The number of carbonyl (C=O) groups is 12. The van der Waals surface area contributed by atoms with Gasteiger partial charge in [0.05, 0.1) is 18.9 Å². The highest BCUT2D eigenvalue weighted by Gasteiger charge is 2.42. The van der Waals surface area contributed by atoms with Crippen LogP contribution in [-0.2, 0) is 70.4 Å². The highest BCUT2D eigenvalue weighted by Crippen LogP contribution is 2.35. The Kier molecular flexibility index (Phi) is 28.7. The number of carbonyl (C=O) groups excluding carboxylic acids is 11. The molecule has 11 amide bonds. The zero-order chi connectivity index (χ0) is 70.3. The number of aliphatic carboxylic acids is 1. The fourth-order valence-electron chi connectivity index (χ4n) is 10.8. The number of aromatic hydroxyl groups is 1. The molecular formula is C61H85F3N16O15. The van der Waals surface area contributed by atoms with Gasteiger partial charge in [0.15, 0.2) is 5.96 Å². The lowest BCUT2D eigenvalue weighted by Gasteiger charge is -2.31. The number of rotatable bonds is 32. The van der Waals surface area contributed by atoms with Crippen molar-refractivity contribution in [3.05, 3.63) is 77.9 Å². The molecular weight excluding hydrogens is 1250 g/mol. The van der Waals surface area contributed by atoms with Gasteiger partial charge in [0.25, 0.3) is 0 Å². The summed E-state index contributed by atoms with van der Waals surface area (Å²) < 4.78 is 31.7. The maximum Gasteiger partial charge on any atom is 0.490 e. The van der Waals surface area contributed by atoms with Crippen LogP contribution in [0.2, 0.25) is 0 Å². The highest BCUT2D eigenvalue weighted by molar-refractivity contribution is 6.04. The van der Waals surface area contributed by atoms with E-state index in [9.17, 15) is 76.1 Å². The van der Waals surface area contributed by atoms with Crippen LogP contribution in [0.1, 0.15) is 115 Å². The summed E-state index contributed by atoms with van der Waals surface area (Å²) in [6.07, 6.45) is -1.44. The minimum absolute atomic E-state index is 0.0189. The molecule has 3 aliphatic rings. The minimum Gasteiger partial charge on any atom is -0.508 e. The molecule has 0 bridgehead atoms. The van der Waals surface area contributed by atoms with Crippen LogP contribution in [0, 0.1) is 11.8 Å². The Morgan fingerprint density at radius 2 is 1.27 bits per heavy atom. The van der Waals surface area contributed by atoms with Crippen LogP contribution in [0.25, 0.3) is 0 Å². The number of aromatic nitrogens is 2. The number of aliphatic imine (C=N–C) groups is 1. The Labute approximate surface area is 544 Å². The smallest absolute Gasteiger partial charge is 0.490 e. The molecule has 2 fully saturated rings. The van der Waals surface area contributed by atoms with Crippen molar-refractivity contribution in [3.8, 4) is 5.75 Å². The predicted octanol–water partition coefficient (Wildman–Crippen LogP) is -1.40. The van der Waals surface area contributed by atoms with Crippen molar-refractivity contribution < 1.29 is 86.0 Å². The number of carboxylic acid groups (broad SMARTS) is 1. The third-order valence-corrected chi connectivity index (χ3v) is 15.4. The summed E-state index contributed by atoms with van der Waals surface area (Å²) in [6.45, 7) is 8.69. The van der Waals surface area contributed by atoms with Gasteiger partial charge in [-0.3, -0.25) is 57.7 Å². The van der Waals surface area contributed by atoms with E-state index < -0.39 is 132 Å². The number of phenols is 1. The van der Waals surface area contributed by atoms with Crippen molar-refractivity contribution >= 4 is 82.6 Å². The van der Waals surface area contributed by atoms with Gasteiger partial charge < -0.3 is 89.8 Å². The Hall–Kier alpha value is -9.89. The van der Waals surface area contributed by atoms with Crippen LogP contribution in [-0.4, -0.2) is 194 Å². The molecule has 1 unspecified atom stereocenters. The van der Waals surface area contributed by atoms with E-state index in [4.69, 9.17) is 21.4 Å². The zero-order valence-electron chi connectivity index (χ0n) is 53.2. The lowest BCUT2D eigenvalue weighted by atomic mass is 9.92. The summed E-state index contributed by atoms with van der Waals surface area (Å²) in [6, 6.07) is 0.529. The maximum atomic E-state index is 14.7. The molecule has 3 aliphatic heterocycles. The topological polar surface area (TPSA) is 482 Å². The number of phenolic OH excluding ortho intramolecular Hbond substituents is 1. The first kappa shape index (κ1) is 75.8. The lowest BCUT2D eigenvalue weighted by molar-refractivity contribution is -0.192. The van der Waals surface area contributed by atoms with Gasteiger partial charge in [-0.25, -0.2) is 9.78 Å². The Bertz CT molecular complexity index is 3220. The number of aromatic amines is 1. The summed E-state index contributed by atoms with van der Waals surface area (Å²) in [5.41, 5.74) is 12.9. The Morgan fingerprint density at radius 3 is 1.82 bits per heavy atom. The normalized spacial score (nSPS) is 17.9. The van der Waals surface area contributed by atoms with Crippen LogP contribution >= 0.6 is 0 Å². The van der Waals surface area contributed by atoms with Gasteiger partial charge in [0.2, 0.25) is 65.0 Å². The van der Waals surface area contributed by atoms with Gasteiger partial charge in [-0.2, -0.15) is 13.2 Å². The second-order valence-electron chi connectivity index (χ2n) is 23.9. The molecule has 0 spiro atoms. The summed E-state index contributed by atoms with van der Waals surface area (Å²) in [4.78, 5) is 174. The van der Waals surface area contributed by atoms with E-state index in [1.807, 2.05) is 13.8 Å². The van der Waals surface area contributed by atoms with Crippen LogP contribution in [0.4, 0.5) is 18.9 Å². The van der Waals surface area contributed by atoms with Crippen molar-refractivity contribution in [1.82, 2.24) is 62.7 Å². The van der Waals surface area contributed by atoms with Crippen molar-refractivity contribution in [2.75, 3.05) is 31.6 Å². The first-order chi connectivity index (χ1) is 44.9. The molecule has 0 saturated carbocycles. The quantitative estimate of drug-likeness (QED) is 0.0194. The van der Waals surface area contributed by atoms with Gasteiger partial charge in [0, 0.05) is 56.5 Å². The van der Waals surface area contributed by atoms with Crippen molar-refractivity contribution in [3.63, 3.8) is 0 Å². The molecule has 31 nitrogen and oxygen atoms in total. The first-order valence-corrected chi connectivity index (χ1v) is 31.0. The number of para-hydroxylation sites is 1. The molecule has 2 aromatic carbocycles. The highest BCUT2D eigenvalue weighted by atomic mass is 19.4. The minimum atomic E-state index is -5.08. The molecule has 0 aliphatic carbocycles. The number of fused-ring (bicyclic) bond motifs is 1. The zero-order valence-corrected chi connectivity index (χ0v) is 53.2. The number of halogens is 3. The van der Waals surface area contributed by atoms with Gasteiger partial charge in [-0.1, -0.05) is 58.0 Å². The second kappa shape index (κ2) is 36.0. The van der Waals surface area contributed by atoms with Crippen LogP contribution in [0.5, 0.6) is 5.75 Å². The van der Waals surface area contributed by atoms with E-state index in [-0.39, 0.29) is 106 Å². The molecule has 6 rings (SSSR count). The molecule has 34 heteroatoms. The molecule has 10 atom stereocenters. The molecule has 2 saturated heterocycles. The van der Waals surface area contributed by atoms with Crippen molar-refractivity contribution in [1.29, 1.82) is 0 Å². The summed E-state index contributed by atoms with van der Waals surface area (Å²) >= 11 is 0. The number of benzene rings is 2. The van der Waals surface area contributed by atoms with Gasteiger partial charge in [-0.15, -0.1) is 0 Å². The monoisotopic (exact) mass is 1340 g/mol. The third-order valence-electron chi connectivity index (χ3n) is 15.4. The average Bonchev–Trinajstić information content (AvgIpc) is 1.67. The lowest BCUT2D eigenvalue weighted by Crippen LogP contribution is -2.61. The Balaban J connectivity index is 0.00000220. The molecule has 3 aromatic rings.